The van der Waals surface area contributed by atoms with Crippen LogP contribution in [0.15, 0.2) is 42.9 Å². The zero-order chi connectivity index (χ0) is 31.6. The second-order valence-electron chi connectivity index (χ2n) is 14.5. The van der Waals surface area contributed by atoms with Gasteiger partial charge >= 0.3 is 0 Å². The minimum Gasteiger partial charge on any atom is -0.361 e. The van der Waals surface area contributed by atoms with Gasteiger partial charge in [0.25, 0.3) is 5.91 Å². The highest BCUT2D eigenvalue weighted by molar-refractivity contribution is 6.76. The number of hydrogen-bond donors (Lipinski definition) is 2. The molecule has 0 radical (unpaired) electrons. The molecule has 2 aliphatic carbocycles. The molecule has 9 nitrogen and oxygen atoms in total. The molecule has 2 amide bonds. The summed E-state index contributed by atoms with van der Waals surface area (Å²) >= 11 is 0. The summed E-state index contributed by atoms with van der Waals surface area (Å²) in [7, 11) is -1.15. The summed E-state index contributed by atoms with van der Waals surface area (Å²) in [5, 5.41) is 10.6. The molecule has 2 saturated carbocycles. The maximum atomic E-state index is 13.9. The lowest BCUT2D eigenvalue weighted by Gasteiger charge is -2.28. The largest absolute Gasteiger partial charge is 0.361 e. The lowest BCUT2D eigenvalue weighted by Crippen LogP contribution is -2.50. The van der Waals surface area contributed by atoms with E-state index in [2.05, 4.69) is 53.8 Å². The number of ether oxygens (including phenoxy) is 1. The number of rotatable bonds is 15. The number of imidazole rings is 1. The molecule has 0 spiro atoms. The smallest absolute Gasteiger partial charge is 0.270 e. The van der Waals surface area contributed by atoms with E-state index < -0.39 is 14.1 Å². The quantitative estimate of drug-likeness (QED) is 0.142. The summed E-state index contributed by atoms with van der Waals surface area (Å²) in [6.07, 6.45) is 7.98. The first-order valence-electron chi connectivity index (χ1n) is 16.3. The van der Waals surface area contributed by atoms with Crippen LogP contribution in [0.5, 0.6) is 0 Å². The van der Waals surface area contributed by atoms with Crippen molar-refractivity contribution in [2.75, 3.05) is 11.9 Å². The van der Waals surface area contributed by atoms with Crippen molar-refractivity contribution in [3.8, 4) is 11.3 Å². The van der Waals surface area contributed by atoms with Gasteiger partial charge in [-0.25, -0.2) is 4.98 Å². The van der Waals surface area contributed by atoms with Gasteiger partial charge in [-0.05, 0) is 87.4 Å². The van der Waals surface area contributed by atoms with Crippen molar-refractivity contribution < 1.29 is 14.3 Å². The molecule has 1 aromatic carbocycles. The third-order valence-electron chi connectivity index (χ3n) is 8.76. The predicted octanol–water partition coefficient (Wildman–Crippen LogP) is 6.94. The number of aromatic nitrogens is 4. The average Bonchev–Trinajstić information content (AvgIpc) is 3.88. The SMILES string of the molecule is CC(C)c1c(-c2ccc(NC(=O)[C@@H](NC(=O)c3ccnn3C(C)C)C(C3CC3)C3CC3)cc2)ncn1COCC[Si](C)(C)C. The van der Waals surface area contributed by atoms with Gasteiger partial charge < -0.3 is 19.9 Å². The van der Waals surface area contributed by atoms with E-state index in [4.69, 9.17) is 9.72 Å². The second kappa shape index (κ2) is 13.4. The van der Waals surface area contributed by atoms with Crippen LogP contribution in [0, 0.1) is 17.8 Å². The molecule has 0 aliphatic heterocycles. The summed E-state index contributed by atoms with van der Waals surface area (Å²) in [6, 6.07) is 10.2. The lowest BCUT2D eigenvalue weighted by molar-refractivity contribution is -0.119. The molecule has 1 atom stereocenters. The van der Waals surface area contributed by atoms with Crippen LogP contribution >= 0.6 is 0 Å². The molecule has 0 saturated heterocycles. The normalized spacial score (nSPS) is 16.1. The summed E-state index contributed by atoms with van der Waals surface area (Å²) in [5.41, 5.74) is 4.24. The Hall–Kier alpha value is -3.24. The summed E-state index contributed by atoms with van der Waals surface area (Å²) < 4.78 is 9.84. The molecule has 2 aliphatic rings. The third kappa shape index (κ3) is 7.88. The molecule has 238 valence electrons. The molecule has 44 heavy (non-hydrogen) atoms. The maximum Gasteiger partial charge on any atom is 0.270 e. The summed E-state index contributed by atoms with van der Waals surface area (Å²) in [6.45, 7) is 16.7. The maximum absolute atomic E-state index is 13.9. The Morgan fingerprint density at radius 2 is 1.66 bits per heavy atom. The number of anilines is 1. The van der Waals surface area contributed by atoms with E-state index in [0.29, 0.717) is 29.9 Å². The lowest BCUT2D eigenvalue weighted by atomic mass is 9.88. The van der Waals surface area contributed by atoms with Gasteiger partial charge in [-0.15, -0.1) is 0 Å². The summed E-state index contributed by atoms with van der Waals surface area (Å²) in [5.74, 6) is 0.984. The molecule has 2 aromatic heterocycles. The number of nitrogens with one attached hydrogen (secondary N) is 2. The summed E-state index contributed by atoms with van der Waals surface area (Å²) in [4.78, 5) is 32.0. The first-order chi connectivity index (χ1) is 20.9. The highest BCUT2D eigenvalue weighted by Crippen LogP contribution is 2.51. The van der Waals surface area contributed by atoms with Crippen LogP contribution < -0.4 is 10.6 Å². The van der Waals surface area contributed by atoms with Gasteiger partial charge in [-0.3, -0.25) is 14.3 Å². The Kier molecular flexibility index (Phi) is 9.79. The average molecular weight is 619 g/mol. The van der Waals surface area contributed by atoms with Crippen molar-refractivity contribution in [2.24, 2.45) is 17.8 Å². The van der Waals surface area contributed by atoms with E-state index in [1.165, 1.54) is 0 Å². The molecule has 3 aromatic rings. The highest BCUT2D eigenvalue weighted by atomic mass is 28.3. The predicted molar refractivity (Wildman–Crippen MR) is 177 cm³/mol. The first-order valence-corrected chi connectivity index (χ1v) is 20.0. The fraction of sp³-hybridized carbons (Fsp3) is 0.588. The molecule has 0 bridgehead atoms. The molecule has 5 rings (SSSR count). The number of carbonyl (C=O) groups excluding carboxylic acids is 2. The van der Waals surface area contributed by atoms with Gasteiger partial charge in [-0.1, -0.05) is 45.6 Å². The van der Waals surface area contributed by atoms with Crippen molar-refractivity contribution in [2.45, 2.75) is 104 Å². The molecule has 10 heteroatoms. The van der Waals surface area contributed by atoms with Crippen LogP contribution in [0.1, 0.15) is 81.5 Å². The van der Waals surface area contributed by atoms with E-state index >= 15 is 0 Å². The Morgan fingerprint density at radius 1 is 1.00 bits per heavy atom. The minimum atomic E-state index is -1.15. The van der Waals surface area contributed by atoms with Crippen LogP contribution in [-0.2, 0) is 16.3 Å². The molecule has 0 unspecified atom stereocenters. The van der Waals surface area contributed by atoms with E-state index in [0.717, 1.165) is 55.3 Å². The van der Waals surface area contributed by atoms with Gasteiger partial charge in [-0.2, -0.15) is 5.10 Å². The number of benzene rings is 1. The van der Waals surface area contributed by atoms with Crippen molar-refractivity contribution in [1.29, 1.82) is 0 Å². The van der Waals surface area contributed by atoms with Gasteiger partial charge in [0.2, 0.25) is 5.91 Å². The van der Waals surface area contributed by atoms with Crippen molar-refractivity contribution in [3.05, 3.63) is 54.2 Å². The topological polar surface area (TPSA) is 103 Å². The Balaban J connectivity index is 1.30. The van der Waals surface area contributed by atoms with Crippen molar-refractivity contribution in [1.82, 2.24) is 24.6 Å². The van der Waals surface area contributed by atoms with E-state index in [1.807, 2.05) is 44.4 Å². The van der Waals surface area contributed by atoms with E-state index in [9.17, 15) is 9.59 Å². The molecular weight excluding hydrogens is 568 g/mol. The Bertz CT molecular complexity index is 1420. The number of hydrogen-bond acceptors (Lipinski definition) is 5. The first kappa shape index (κ1) is 32.2. The van der Waals surface area contributed by atoms with Crippen LogP contribution in [0.25, 0.3) is 11.3 Å². The molecule has 2 N–H and O–H groups in total. The molecule has 2 fully saturated rings. The third-order valence-corrected chi connectivity index (χ3v) is 10.5. The minimum absolute atomic E-state index is 0.0457. The van der Waals surface area contributed by atoms with E-state index in [-0.39, 0.29) is 29.7 Å². The number of carbonyl (C=O) groups is 2. The zero-order valence-corrected chi connectivity index (χ0v) is 28.5. The van der Waals surface area contributed by atoms with Crippen molar-refractivity contribution >= 4 is 25.6 Å². The van der Waals surface area contributed by atoms with Crippen LogP contribution in [0.2, 0.25) is 25.7 Å². The van der Waals surface area contributed by atoms with Crippen molar-refractivity contribution in [3.63, 3.8) is 0 Å². The number of amides is 2. The van der Waals surface area contributed by atoms with Crippen LogP contribution in [-0.4, -0.2) is 51.9 Å². The van der Waals surface area contributed by atoms with Crippen LogP contribution in [0.4, 0.5) is 5.69 Å². The van der Waals surface area contributed by atoms with Gasteiger partial charge in [0.1, 0.15) is 18.5 Å². The zero-order valence-electron chi connectivity index (χ0n) is 27.5. The van der Waals surface area contributed by atoms with E-state index in [1.54, 1.807) is 16.9 Å². The fourth-order valence-corrected chi connectivity index (χ4v) is 6.90. The van der Waals surface area contributed by atoms with Crippen LogP contribution in [0.3, 0.4) is 0 Å². The highest BCUT2D eigenvalue weighted by Gasteiger charge is 2.48. The monoisotopic (exact) mass is 618 g/mol. The molecule has 2 heterocycles. The van der Waals surface area contributed by atoms with Gasteiger partial charge in [0.15, 0.2) is 0 Å². The standard InChI is InChI=1S/C34H50N6O3Si/c1-22(2)32-30(35-20-39(32)21-43-18-19-44(5,6)7)26-12-14-27(15-13-26)37-34(42)31(29(24-8-9-24)25-10-11-25)38-33(41)28-16-17-36-40(28)23(3)4/h12-17,20,22-25,29,31H,8-11,18-19,21H2,1-7H3,(H,37,42)(H,38,41)/t31-/m0/s1. The van der Waals surface area contributed by atoms with Gasteiger partial charge in [0.05, 0.1) is 17.7 Å². The number of nitrogens with zero attached hydrogens (tertiary/aromatic N) is 4. The Labute approximate surface area is 263 Å². The molecular formula is C34H50N6O3Si. The van der Waals surface area contributed by atoms with Gasteiger partial charge in [0, 0.05) is 38.2 Å². The Morgan fingerprint density at radius 3 is 2.23 bits per heavy atom. The fourth-order valence-electron chi connectivity index (χ4n) is 6.14. The second-order valence-corrected chi connectivity index (χ2v) is 20.1.